The molecule has 168 valence electrons. The number of hydrogen-bond donors (Lipinski definition) is 4. The minimum absolute atomic E-state index is 0.0550. The molecule has 2 rings (SSSR count). The summed E-state index contributed by atoms with van der Waals surface area (Å²) in [5.74, 6) is -5.50. The zero-order chi connectivity index (χ0) is 23.0. The summed E-state index contributed by atoms with van der Waals surface area (Å²) in [6.45, 7) is 0.632. The molecule has 1 aliphatic heterocycles. The number of benzene rings is 1. The van der Waals surface area contributed by atoms with Crippen LogP contribution in [-0.2, 0) is 25.5 Å². The Hall–Kier alpha value is -3.37. The summed E-state index contributed by atoms with van der Waals surface area (Å²) in [7, 11) is 0. The van der Waals surface area contributed by atoms with E-state index in [1.165, 1.54) is 0 Å². The Labute approximate surface area is 176 Å². The second-order valence-electron chi connectivity index (χ2n) is 7.01. The van der Waals surface area contributed by atoms with Gasteiger partial charge in [-0.25, -0.2) is 4.79 Å². The largest absolute Gasteiger partial charge is 0.491 e. The van der Waals surface area contributed by atoms with E-state index >= 15 is 0 Å². The average Bonchev–Trinajstić information content (AvgIpc) is 2.66. The molecule has 0 spiro atoms. The van der Waals surface area contributed by atoms with Crippen LogP contribution < -0.4 is 16.4 Å². The van der Waals surface area contributed by atoms with Gasteiger partial charge in [0, 0.05) is 12.2 Å². The van der Waals surface area contributed by atoms with Gasteiger partial charge < -0.3 is 21.1 Å². The number of nitrogens with one attached hydrogen (secondary N) is 3. The Balaban J connectivity index is 1.87. The number of amides is 1. The first-order chi connectivity index (χ1) is 14.6. The van der Waals surface area contributed by atoms with Crippen LogP contribution in [0.1, 0.15) is 36.8 Å². The normalized spacial score (nSPS) is 15.8. The summed E-state index contributed by atoms with van der Waals surface area (Å²) in [6, 6.07) is 5.36. The molecule has 0 aliphatic carbocycles. The molecule has 1 aliphatic rings. The second kappa shape index (κ2) is 10.6. The standard InChI is InChI=1S/C20H23F3N4O4/c21-20(22,23)18(30)31-16(28)11-14-10-13-7-6-12(9-15(13)27-17(14)29)5-3-1-2-4-8-26-19(24)25/h3,5-7,9,14H,1-2,4,8,10-11H2,(H,27,29)(H4,24,25,26). The second-order valence-corrected chi connectivity index (χ2v) is 7.01. The molecule has 11 heteroatoms. The van der Waals surface area contributed by atoms with Crippen molar-refractivity contribution < 1.29 is 32.3 Å². The highest BCUT2D eigenvalue weighted by atomic mass is 19.4. The van der Waals surface area contributed by atoms with E-state index in [0.29, 0.717) is 12.2 Å². The number of esters is 2. The van der Waals surface area contributed by atoms with Crippen molar-refractivity contribution >= 4 is 35.6 Å². The van der Waals surface area contributed by atoms with E-state index in [-0.39, 0.29) is 12.4 Å². The van der Waals surface area contributed by atoms with Gasteiger partial charge in [0.1, 0.15) is 0 Å². The smallest absolute Gasteiger partial charge is 0.386 e. The molecular weight excluding hydrogens is 417 g/mol. The quantitative estimate of drug-likeness (QED) is 0.161. The highest BCUT2D eigenvalue weighted by molar-refractivity contribution is 5.99. The van der Waals surface area contributed by atoms with Crippen LogP contribution in [0.4, 0.5) is 18.9 Å². The number of allylic oxidation sites excluding steroid dienone is 1. The van der Waals surface area contributed by atoms with Gasteiger partial charge in [-0.05, 0) is 42.9 Å². The van der Waals surface area contributed by atoms with Gasteiger partial charge >= 0.3 is 18.1 Å². The summed E-state index contributed by atoms with van der Waals surface area (Å²) >= 11 is 0. The summed E-state index contributed by atoms with van der Waals surface area (Å²) in [6.07, 6.45) is 0.719. The maximum atomic E-state index is 12.2. The molecule has 31 heavy (non-hydrogen) atoms. The molecule has 0 fully saturated rings. The number of carbonyl (C=O) groups is 3. The number of halogens is 3. The number of alkyl halides is 3. The van der Waals surface area contributed by atoms with Gasteiger partial charge in [0.05, 0.1) is 12.3 Å². The van der Waals surface area contributed by atoms with Crippen LogP contribution in [0.15, 0.2) is 24.3 Å². The molecule has 0 aromatic heterocycles. The number of fused-ring (bicyclic) bond motifs is 1. The zero-order valence-corrected chi connectivity index (χ0v) is 16.6. The summed E-state index contributed by atoms with van der Waals surface area (Å²) in [4.78, 5) is 34.5. The molecule has 1 heterocycles. The highest BCUT2D eigenvalue weighted by Crippen LogP contribution is 2.29. The monoisotopic (exact) mass is 440 g/mol. The molecule has 0 bridgehead atoms. The third kappa shape index (κ3) is 7.76. The van der Waals surface area contributed by atoms with Crippen molar-refractivity contribution in [3.63, 3.8) is 0 Å². The van der Waals surface area contributed by atoms with Crippen molar-refractivity contribution in [2.45, 2.75) is 38.3 Å². The fourth-order valence-corrected chi connectivity index (χ4v) is 2.98. The maximum absolute atomic E-state index is 12.2. The number of nitrogens with two attached hydrogens (primary N) is 1. The molecule has 1 aromatic rings. The maximum Gasteiger partial charge on any atom is 0.491 e. The number of anilines is 1. The number of unbranched alkanes of at least 4 members (excludes halogenated alkanes) is 2. The first-order valence-corrected chi connectivity index (χ1v) is 9.56. The van der Waals surface area contributed by atoms with E-state index in [2.05, 4.69) is 15.4 Å². The lowest BCUT2D eigenvalue weighted by atomic mass is 9.90. The first kappa shape index (κ1) is 23.9. The fourth-order valence-electron chi connectivity index (χ4n) is 2.98. The van der Waals surface area contributed by atoms with Gasteiger partial charge in [0.25, 0.3) is 0 Å². The van der Waals surface area contributed by atoms with Crippen LogP contribution >= 0.6 is 0 Å². The van der Waals surface area contributed by atoms with Crippen molar-refractivity contribution in [2.24, 2.45) is 11.7 Å². The lowest BCUT2D eigenvalue weighted by Gasteiger charge is -2.24. The van der Waals surface area contributed by atoms with Crippen LogP contribution in [-0.4, -0.2) is 36.5 Å². The number of carbonyl (C=O) groups excluding carboxylic acids is 3. The highest BCUT2D eigenvalue weighted by Gasteiger charge is 2.43. The Morgan fingerprint density at radius 2 is 2.06 bits per heavy atom. The van der Waals surface area contributed by atoms with Crippen LogP contribution in [0, 0.1) is 11.3 Å². The van der Waals surface area contributed by atoms with Crippen LogP contribution in [0.2, 0.25) is 0 Å². The minimum atomic E-state index is -5.27. The van der Waals surface area contributed by atoms with E-state index in [1.54, 1.807) is 12.1 Å². The molecule has 5 N–H and O–H groups in total. The van der Waals surface area contributed by atoms with Crippen molar-refractivity contribution in [1.82, 2.24) is 5.32 Å². The van der Waals surface area contributed by atoms with Gasteiger partial charge in [-0.3, -0.25) is 15.0 Å². The molecule has 1 atom stereocenters. The number of hydrogen-bond acceptors (Lipinski definition) is 5. The van der Waals surface area contributed by atoms with Crippen molar-refractivity contribution in [2.75, 3.05) is 11.9 Å². The van der Waals surface area contributed by atoms with E-state index in [4.69, 9.17) is 11.1 Å². The van der Waals surface area contributed by atoms with E-state index in [0.717, 1.165) is 30.4 Å². The average molecular weight is 440 g/mol. The topological polar surface area (TPSA) is 134 Å². The summed E-state index contributed by atoms with van der Waals surface area (Å²) < 4.78 is 40.3. The molecule has 1 aromatic carbocycles. The predicted octanol–water partition coefficient (Wildman–Crippen LogP) is 2.49. The Bertz CT molecular complexity index is 884. The third-order valence-electron chi connectivity index (χ3n) is 4.50. The predicted molar refractivity (Wildman–Crippen MR) is 107 cm³/mol. The third-order valence-corrected chi connectivity index (χ3v) is 4.50. The van der Waals surface area contributed by atoms with Crippen LogP contribution in [0.3, 0.4) is 0 Å². The number of guanidine groups is 1. The molecule has 1 unspecified atom stereocenters. The zero-order valence-electron chi connectivity index (χ0n) is 16.6. The summed E-state index contributed by atoms with van der Waals surface area (Å²) in [5, 5.41) is 12.4. The lowest BCUT2D eigenvalue weighted by Crippen LogP contribution is -2.34. The number of rotatable bonds is 8. The first-order valence-electron chi connectivity index (χ1n) is 9.56. The fraction of sp³-hybridized carbons (Fsp3) is 0.400. The Kier molecular flexibility index (Phi) is 8.17. The molecule has 8 nitrogen and oxygen atoms in total. The van der Waals surface area contributed by atoms with E-state index < -0.39 is 36.4 Å². The van der Waals surface area contributed by atoms with Gasteiger partial charge in [0.15, 0.2) is 5.96 Å². The molecule has 0 radical (unpaired) electrons. The Morgan fingerprint density at radius 3 is 2.74 bits per heavy atom. The van der Waals surface area contributed by atoms with E-state index in [1.807, 2.05) is 18.2 Å². The SMILES string of the molecule is N=C(N)NCCCCC=Cc1ccc2c(c1)NC(=O)C(CC(=O)OC(=O)C(F)(F)F)C2. The molecule has 0 saturated heterocycles. The van der Waals surface area contributed by atoms with Gasteiger partial charge in [-0.15, -0.1) is 0 Å². The molecular formula is C20H23F3N4O4. The van der Waals surface area contributed by atoms with Crippen LogP contribution in [0.25, 0.3) is 6.08 Å². The van der Waals surface area contributed by atoms with Gasteiger partial charge in [0.2, 0.25) is 5.91 Å². The van der Waals surface area contributed by atoms with E-state index in [9.17, 15) is 27.6 Å². The van der Waals surface area contributed by atoms with Gasteiger partial charge in [-0.1, -0.05) is 24.3 Å². The minimum Gasteiger partial charge on any atom is -0.386 e. The summed E-state index contributed by atoms with van der Waals surface area (Å²) in [5.41, 5.74) is 7.34. The molecule has 0 saturated carbocycles. The van der Waals surface area contributed by atoms with Crippen LogP contribution in [0.5, 0.6) is 0 Å². The van der Waals surface area contributed by atoms with Crippen molar-refractivity contribution in [3.05, 3.63) is 35.4 Å². The Morgan fingerprint density at radius 1 is 1.32 bits per heavy atom. The number of ether oxygens (including phenoxy) is 1. The van der Waals surface area contributed by atoms with Gasteiger partial charge in [-0.2, -0.15) is 13.2 Å². The lowest BCUT2D eigenvalue weighted by molar-refractivity contribution is -0.202. The molecule has 1 amide bonds. The van der Waals surface area contributed by atoms with Crippen molar-refractivity contribution in [3.8, 4) is 0 Å². The van der Waals surface area contributed by atoms with Crippen molar-refractivity contribution in [1.29, 1.82) is 5.41 Å².